The number of rotatable bonds is 2. The molecule has 0 atom stereocenters. The van der Waals surface area contributed by atoms with Gasteiger partial charge in [-0.2, -0.15) is 5.10 Å². The van der Waals surface area contributed by atoms with Gasteiger partial charge in [0.2, 0.25) is 0 Å². The molecule has 0 radical (unpaired) electrons. The summed E-state index contributed by atoms with van der Waals surface area (Å²) in [6.07, 6.45) is 9.42. The number of nitrogens with one attached hydrogen (secondary N) is 1. The van der Waals surface area contributed by atoms with Crippen LogP contribution in [-0.4, -0.2) is 28.0 Å². The summed E-state index contributed by atoms with van der Waals surface area (Å²) in [5.74, 6) is 0. The number of ether oxygens (including phenoxy) is 1. The van der Waals surface area contributed by atoms with Crippen LogP contribution >= 0.6 is 0 Å². The summed E-state index contributed by atoms with van der Waals surface area (Å²) in [7, 11) is 0. The number of pyridine rings is 1. The van der Waals surface area contributed by atoms with Crippen molar-refractivity contribution in [2.24, 2.45) is 0 Å². The molecule has 1 saturated carbocycles. The molecule has 0 amide bonds. The molecule has 2 aromatic heterocycles. The number of fused-ring (bicyclic) bond motifs is 1. The van der Waals surface area contributed by atoms with E-state index in [9.17, 15) is 4.79 Å². The summed E-state index contributed by atoms with van der Waals surface area (Å²) in [5.41, 5.74) is 2.91. The molecule has 5 nitrogen and oxygen atoms in total. The van der Waals surface area contributed by atoms with Gasteiger partial charge < -0.3 is 9.72 Å². The maximum atomic E-state index is 12.3. The molecule has 0 saturated heterocycles. The van der Waals surface area contributed by atoms with E-state index in [1.54, 1.807) is 6.20 Å². The van der Waals surface area contributed by atoms with Crippen LogP contribution in [0.25, 0.3) is 16.5 Å². The zero-order valence-corrected chi connectivity index (χ0v) is 12.0. The summed E-state index contributed by atoms with van der Waals surface area (Å²) in [4.78, 5) is 15.1. The predicted octanol–water partition coefficient (Wildman–Crippen LogP) is 2.64. The monoisotopic (exact) mass is 285 g/mol. The van der Waals surface area contributed by atoms with Crippen molar-refractivity contribution < 1.29 is 4.74 Å². The number of nitrogens with zero attached hydrogens (tertiary/aromatic N) is 2. The molecule has 21 heavy (non-hydrogen) atoms. The number of hydrogen-bond acceptors (Lipinski definition) is 3. The number of aromatic amines is 1. The number of hydrogen-bond donors (Lipinski definition) is 1. The third kappa shape index (κ3) is 2.12. The largest absolute Gasteiger partial charge is 0.377 e. The van der Waals surface area contributed by atoms with Crippen molar-refractivity contribution in [1.29, 1.82) is 0 Å². The Morgan fingerprint density at radius 2 is 2.19 bits per heavy atom. The van der Waals surface area contributed by atoms with Crippen LogP contribution < -0.4 is 5.56 Å². The zero-order valence-electron chi connectivity index (χ0n) is 12.0. The smallest absolute Gasteiger partial charge is 0.259 e. The van der Waals surface area contributed by atoms with E-state index >= 15 is 0 Å². The Balaban J connectivity index is 1.93. The summed E-state index contributed by atoms with van der Waals surface area (Å²) < 4.78 is 7.46. The van der Waals surface area contributed by atoms with Crippen molar-refractivity contribution in [3.8, 4) is 0 Å². The topological polar surface area (TPSA) is 59.9 Å². The highest BCUT2D eigenvalue weighted by Gasteiger charge is 2.24. The van der Waals surface area contributed by atoms with Gasteiger partial charge in [0.05, 0.1) is 30.2 Å². The number of aromatic nitrogens is 3. The molecule has 0 bridgehead atoms. The highest BCUT2D eigenvalue weighted by Crippen LogP contribution is 2.34. The van der Waals surface area contributed by atoms with Gasteiger partial charge in [-0.25, -0.2) is 0 Å². The molecule has 1 fully saturated rings. The fourth-order valence-electron chi connectivity index (χ4n) is 3.49. The maximum absolute atomic E-state index is 12.3. The van der Waals surface area contributed by atoms with Crippen LogP contribution in [-0.2, 0) is 4.74 Å². The van der Waals surface area contributed by atoms with Gasteiger partial charge in [-0.1, -0.05) is 18.9 Å². The minimum atomic E-state index is -0.0425. The van der Waals surface area contributed by atoms with Crippen LogP contribution in [0, 0.1) is 0 Å². The van der Waals surface area contributed by atoms with E-state index in [0.717, 1.165) is 41.4 Å². The Hall–Kier alpha value is -1.88. The fraction of sp³-hybridized carbons (Fsp3) is 0.500. The molecule has 2 aromatic rings. The Kier molecular flexibility index (Phi) is 3.15. The summed E-state index contributed by atoms with van der Waals surface area (Å²) in [6, 6.07) is 2.41. The highest BCUT2D eigenvalue weighted by molar-refractivity contribution is 5.90. The van der Waals surface area contributed by atoms with Crippen molar-refractivity contribution in [3.05, 3.63) is 34.4 Å². The van der Waals surface area contributed by atoms with Crippen LogP contribution in [0.3, 0.4) is 0 Å². The van der Waals surface area contributed by atoms with E-state index in [-0.39, 0.29) is 5.56 Å². The van der Waals surface area contributed by atoms with Crippen molar-refractivity contribution in [3.63, 3.8) is 0 Å². The molecule has 5 heteroatoms. The van der Waals surface area contributed by atoms with Crippen molar-refractivity contribution >= 4 is 16.5 Å². The molecular formula is C16H19N3O2. The van der Waals surface area contributed by atoms with E-state index in [1.807, 2.05) is 6.07 Å². The lowest BCUT2D eigenvalue weighted by molar-refractivity contribution is 0.161. The highest BCUT2D eigenvalue weighted by atomic mass is 16.5. The first-order chi connectivity index (χ1) is 10.3. The molecule has 1 aliphatic heterocycles. The molecule has 4 rings (SSSR count). The maximum Gasteiger partial charge on any atom is 0.259 e. The van der Waals surface area contributed by atoms with Crippen LogP contribution in [0.5, 0.6) is 0 Å². The molecule has 3 heterocycles. The molecule has 1 aliphatic carbocycles. The molecule has 110 valence electrons. The van der Waals surface area contributed by atoms with E-state index in [0.29, 0.717) is 19.3 Å². The molecular weight excluding hydrogens is 266 g/mol. The normalized spacial score (nSPS) is 20.1. The third-order valence-corrected chi connectivity index (χ3v) is 4.57. The summed E-state index contributed by atoms with van der Waals surface area (Å²) in [6.45, 7) is 1.31. The standard InChI is InChI=1S/C16H19N3O2/c20-16-14-13(5-8-17-16)19(12-3-1-2-4-12)18-15(14)11-6-9-21-10-7-11/h5-6,8,12H,1-4,7,9-10H2,(H,17,20). The first-order valence-electron chi connectivity index (χ1n) is 7.71. The molecule has 0 aromatic carbocycles. The van der Waals surface area contributed by atoms with Gasteiger partial charge in [0.1, 0.15) is 5.69 Å². The van der Waals surface area contributed by atoms with Gasteiger partial charge in [-0.05, 0) is 30.9 Å². The van der Waals surface area contributed by atoms with Gasteiger partial charge in [0.15, 0.2) is 0 Å². The second-order valence-corrected chi connectivity index (χ2v) is 5.85. The van der Waals surface area contributed by atoms with E-state index in [1.165, 1.54) is 12.8 Å². The van der Waals surface area contributed by atoms with Crippen LogP contribution in [0.2, 0.25) is 0 Å². The second kappa shape index (κ2) is 5.15. The lowest BCUT2D eigenvalue weighted by Gasteiger charge is -2.12. The van der Waals surface area contributed by atoms with Crippen LogP contribution in [0.4, 0.5) is 0 Å². The molecule has 0 unspecified atom stereocenters. The summed E-state index contributed by atoms with van der Waals surface area (Å²) in [5, 5.41) is 5.56. The minimum absolute atomic E-state index is 0.0425. The molecule has 1 N–H and O–H groups in total. The first kappa shape index (κ1) is 12.8. The van der Waals surface area contributed by atoms with Gasteiger partial charge in [-0.15, -0.1) is 0 Å². The third-order valence-electron chi connectivity index (χ3n) is 4.57. The Labute approximate surface area is 122 Å². The lowest BCUT2D eigenvalue weighted by Crippen LogP contribution is -2.08. The van der Waals surface area contributed by atoms with E-state index in [4.69, 9.17) is 9.84 Å². The van der Waals surface area contributed by atoms with Gasteiger partial charge in [0.25, 0.3) is 5.56 Å². The van der Waals surface area contributed by atoms with Crippen molar-refractivity contribution in [2.45, 2.75) is 38.1 Å². The van der Waals surface area contributed by atoms with Gasteiger partial charge in [0, 0.05) is 6.20 Å². The summed E-state index contributed by atoms with van der Waals surface area (Å²) >= 11 is 0. The minimum Gasteiger partial charge on any atom is -0.377 e. The quantitative estimate of drug-likeness (QED) is 0.922. The Morgan fingerprint density at radius 1 is 1.33 bits per heavy atom. The Morgan fingerprint density at radius 3 is 2.95 bits per heavy atom. The molecule has 0 spiro atoms. The average molecular weight is 285 g/mol. The molecule has 2 aliphatic rings. The average Bonchev–Trinajstić information content (AvgIpc) is 3.16. The first-order valence-corrected chi connectivity index (χ1v) is 7.71. The SMILES string of the molecule is O=c1[nH]ccc2c1c(C1=CCOCC1)nn2C1CCCC1. The van der Waals surface area contributed by atoms with Crippen LogP contribution in [0.1, 0.15) is 43.8 Å². The van der Waals surface area contributed by atoms with Gasteiger partial charge in [-0.3, -0.25) is 9.48 Å². The second-order valence-electron chi connectivity index (χ2n) is 5.85. The van der Waals surface area contributed by atoms with Crippen molar-refractivity contribution in [2.75, 3.05) is 13.2 Å². The van der Waals surface area contributed by atoms with Crippen LogP contribution in [0.15, 0.2) is 23.1 Å². The Bertz CT molecular complexity index is 750. The lowest BCUT2D eigenvalue weighted by atomic mass is 10.1. The van der Waals surface area contributed by atoms with E-state index in [2.05, 4.69) is 15.7 Å². The number of H-pyrrole nitrogens is 1. The zero-order chi connectivity index (χ0) is 14.2. The predicted molar refractivity (Wildman–Crippen MR) is 81.3 cm³/mol. The van der Waals surface area contributed by atoms with E-state index < -0.39 is 0 Å². The fourth-order valence-corrected chi connectivity index (χ4v) is 3.49. The van der Waals surface area contributed by atoms with Crippen molar-refractivity contribution in [1.82, 2.24) is 14.8 Å². The van der Waals surface area contributed by atoms with Gasteiger partial charge >= 0.3 is 0 Å².